The van der Waals surface area contributed by atoms with Crippen LogP contribution in [0.3, 0.4) is 0 Å². The molecule has 0 aromatic heterocycles. The first-order valence-corrected chi connectivity index (χ1v) is 6.72. The van der Waals surface area contributed by atoms with E-state index in [1.54, 1.807) is 18.9 Å². The van der Waals surface area contributed by atoms with Gasteiger partial charge in [0.2, 0.25) is 5.91 Å². The Morgan fingerprint density at radius 2 is 1.83 bits per heavy atom. The highest BCUT2D eigenvalue weighted by molar-refractivity contribution is 5.78. The Bertz CT molecular complexity index is 306. The number of carbonyl (C=O) groups is 3. The van der Waals surface area contributed by atoms with Crippen LogP contribution in [0.15, 0.2) is 0 Å². The molecule has 0 aromatic rings. The smallest absolute Gasteiger partial charge is 0.222 e. The van der Waals surface area contributed by atoms with Crippen molar-refractivity contribution >= 4 is 18.0 Å². The fourth-order valence-corrected chi connectivity index (χ4v) is 2.61. The van der Waals surface area contributed by atoms with Crippen LogP contribution >= 0.6 is 0 Å². The third-order valence-corrected chi connectivity index (χ3v) is 3.86. The molecule has 1 aliphatic carbocycles. The van der Waals surface area contributed by atoms with Crippen LogP contribution in [0.2, 0.25) is 0 Å². The van der Waals surface area contributed by atoms with Gasteiger partial charge in [0, 0.05) is 32.4 Å². The van der Waals surface area contributed by atoms with Crippen molar-refractivity contribution < 1.29 is 14.4 Å². The molecule has 4 nitrogen and oxygen atoms in total. The Morgan fingerprint density at radius 1 is 1.22 bits per heavy atom. The zero-order valence-electron chi connectivity index (χ0n) is 11.4. The van der Waals surface area contributed by atoms with Crippen molar-refractivity contribution in [3.63, 3.8) is 0 Å². The number of aldehydes is 1. The number of amides is 1. The number of ketones is 1. The lowest BCUT2D eigenvalue weighted by Gasteiger charge is -2.30. The Kier molecular flexibility index (Phi) is 6.02. The van der Waals surface area contributed by atoms with Gasteiger partial charge in [0.25, 0.3) is 0 Å². The van der Waals surface area contributed by atoms with Gasteiger partial charge < -0.3 is 9.69 Å². The molecule has 0 unspecified atom stereocenters. The summed E-state index contributed by atoms with van der Waals surface area (Å²) < 4.78 is 0. The van der Waals surface area contributed by atoms with E-state index in [2.05, 4.69) is 0 Å². The Balaban J connectivity index is 2.29. The predicted octanol–water partition coefficient (Wildman–Crippen LogP) is 1.82. The fourth-order valence-electron chi connectivity index (χ4n) is 2.61. The average molecular weight is 253 g/mol. The highest BCUT2D eigenvalue weighted by Gasteiger charge is 2.25. The highest BCUT2D eigenvalue weighted by Crippen LogP contribution is 2.29. The number of hydrogen-bond donors (Lipinski definition) is 0. The minimum atomic E-state index is 0.0378. The monoisotopic (exact) mass is 253 g/mol. The first-order valence-electron chi connectivity index (χ1n) is 6.72. The molecule has 4 heteroatoms. The zero-order valence-corrected chi connectivity index (χ0v) is 11.4. The average Bonchev–Trinajstić information content (AvgIpc) is 2.36. The van der Waals surface area contributed by atoms with Gasteiger partial charge in [0.15, 0.2) is 0 Å². The number of carbonyl (C=O) groups excluding carboxylic acids is 3. The van der Waals surface area contributed by atoms with Crippen LogP contribution < -0.4 is 0 Å². The van der Waals surface area contributed by atoms with Gasteiger partial charge in [-0.2, -0.15) is 0 Å². The van der Waals surface area contributed by atoms with Gasteiger partial charge in [-0.05, 0) is 38.5 Å². The quantitative estimate of drug-likeness (QED) is 0.678. The molecule has 18 heavy (non-hydrogen) atoms. The SMILES string of the molecule is CC(=O)C1CCC(CN(C)C(=O)CCC=O)CC1. The van der Waals surface area contributed by atoms with Gasteiger partial charge in [-0.25, -0.2) is 0 Å². The number of hydrogen-bond acceptors (Lipinski definition) is 3. The Hall–Kier alpha value is -1.19. The molecule has 0 N–H and O–H groups in total. The lowest BCUT2D eigenvalue weighted by atomic mass is 9.80. The van der Waals surface area contributed by atoms with E-state index in [0.717, 1.165) is 38.5 Å². The summed E-state index contributed by atoms with van der Waals surface area (Å²) in [4.78, 5) is 34.9. The fraction of sp³-hybridized carbons (Fsp3) is 0.786. The molecule has 0 atom stereocenters. The van der Waals surface area contributed by atoms with Crippen molar-refractivity contribution in [2.24, 2.45) is 11.8 Å². The molecule has 1 fully saturated rings. The van der Waals surface area contributed by atoms with Crippen molar-refractivity contribution in [1.29, 1.82) is 0 Å². The standard InChI is InChI=1S/C14H23NO3/c1-11(17)13-7-5-12(6-8-13)10-15(2)14(18)4-3-9-16/h9,12-13H,3-8,10H2,1-2H3. The number of Topliss-reactive ketones (excluding diaryl/α,β-unsaturated/α-hetero) is 1. The van der Waals surface area contributed by atoms with Gasteiger partial charge in [-0.1, -0.05) is 0 Å². The molecular weight excluding hydrogens is 230 g/mol. The minimum absolute atomic E-state index is 0.0378. The summed E-state index contributed by atoms with van der Waals surface area (Å²) in [5, 5.41) is 0. The largest absolute Gasteiger partial charge is 0.345 e. The molecule has 0 heterocycles. The molecule has 0 aliphatic heterocycles. The van der Waals surface area contributed by atoms with Crippen molar-refractivity contribution in [1.82, 2.24) is 4.90 Å². The molecule has 0 aromatic carbocycles. The van der Waals surface area contributed by atoms with Gasteiger partial charge >= 0.3 is 0 Å². The van der Waals surface area contributed by atoms with Crippen LogP contribution in [-0.4, -0.2) is 36.5 Å². The third-order valence-electron chi connectivity index (χ3n) is 3.86. The maximum Gasteiger partial charge on any atom is 0.222 e. The second-order valence-electron chi connectivity index (χ2n) is 5.31. The minimum Gasteiger partial charge on any atom is -0.345 e. The number of rotatable bonds is 6. The van der Waals surface area contributed by atoms with Crippen molar-refractivity contribution in [3.8, 4) is 0 Å². The van der Waals surface area contributed by atoms with E-state index in [9.17, 15) is 14.4 Å². The van der Waals surface area contributed by atoms with Crippen LogP contribution in [0.4, 0.5) is 0 Å². The van der Waals surface area contributed by atoms with E-state index >= 15 is 0 Å². The van der Waals surface area contributed by atoms with Crippen molar-refractivity contribution in [2.75, 3.05) is 13.6 Å². The van der Waals surface area contributed by atoms with Crippen molar-refractivity contribution in [3.05, 3.63) is 0 Å². The number of nitrogens with zero attached hydrogens (tertiary/aromatic N) is 1. The van der Waals surface area contributed by atoms with Gasteiger partial charge in [0.05, 0.1) is 0 Å². The Morgan fingerprint density at radius 3 is 2.33 bits per heavy atom. The van der Waals surface area contributed by atoms with Crippen LogP contribution in [-0.2, 0) is 14.4 Å². The predicted molar refractivity (Wildman–Crippen MR) is 69.1 cm³/mol. The summed E-state index contributed by atoms with van der Waals surface area (Å²) in [7, 11) is 1.80. The first-order chi connectivity index (χ1) is 8.54. The molecule has 102 valence electrons. The summed E-state index contributed by atoms with van der Waals surface area (Å²) in [6.07, 6.45) is 5.35. The van der Waals surface area contributed by atoms with E-state index in [-0.39, 0.29) is 11.8 Å². The molecule has 1 rings (SSSR count). The van der Waals surface area contributed by atoms with E-state index in [4.69, 9.17) is 0 Å². The van der Waals surface area contributed by atoms with Gasteiger partial charge in [-0.15, -0.1) is 0 Å². The summed E-state index contributed by atoms with van der Waals surface area (Å²) >= 11 is 0. The van der Waals surface area contributed by atoms with E-state index in [1.165, 1.54) is 0 Å². The molecule has 0 saturated heterocycles. The summed E-state index contributed by atoms with van der Waals surface area (Å²) in [6, 6.07) is 0. The van der Waals surface area contributed by atoms with Crippen LogP contribution in [0.1, 0.15) is 45.4 Å². The maximum absolute atomic E-state index is 11.7. The van der Waals surface area contributed by atoms with Crippen LogP contribution in [0.25, 0.3) is 0 Å². The Labute approximate surface area is 109 Å². The lowest BCUT2D eigenvalue weighted by molar-refractivity contribution is -0.131. The van der Waals surface area contributed by atoms with E-state index < -0.39 is 0 Å². The molecule has 0 spiro atoms. The molecule has 1 saturated carbocycles. The van der Waals surface area contributed by atoms with E-state index in [0.29, 0.717) is 24.5 Å². The zero-order chi connectivity index (χ0) is 13.5. The van der Waals surface area contributed by atoms with Crippen LogP contribution in [0, 0.1) is 11.8 Å². The molecule has 0 bridgehead atoms. The van der Waals surface area contributed by atoms with Crippen LogP contribution in [0.5, 0.6) is 0 Å². The van der Waals surface area contributed by atoms with Crippen molar-refractivity contribution in [2.45, 2.75) is 45.4 Å². The summed E-state index contributed by atoms with van der Waals surface area (Å²) in [5.41, 5.74) is 0. The summed E-state index contributed by atoms with van der Waals surface area (Å²) in [6.45, 7) is 2.42. The third kappa shape index (κ3) is 4.59. The summed E-state index contributed by atoms with van der Waals surface area (Å²) in [5.74, 6) is 1.07. The second-order valence-corrected chi connectivity index (χ2v) is 5.31. The topological polar surface area (TPSA) is 54.5 Å². The van der Waals surface area contributed by atoms with Gasteiger partial charge in [0.1, 0.15) is 12.1 Å². The molecule has 0 radical (unpaired) electrons. The second kappa shape index (κ2) is 7.29. The first kappa shape index (κ1) is 14.9. The normalized spacial score (nSPS) is 23.4. The lowest BCUT2D eigenvalue weighted by Crippen LogP contribution is -2.34. The van der Waals surface area contributed by atoms with Gasteiger partial charge in [-0.3, -0.25) is 9.59 Å². The molecule has 1 amide bonds. The van der Waals surface area contributed by atoms with E-state index in [1.807, 2.05) is 0 Å². The maximum atomic E-state index is 11.7. The highest BCUT2D eigenvalue weighted by atomic mass is 16.2. The molecular formula is C14H23NO3. The molecule has 1 aliphatic rings.